The van der Waals surface area contributed by atoms with Gasteiger partial charge in [0.15, 0.2) is 5.11 Å². The average molecular weight is 550 g/mol. The Morgan fingerprint density at radius 2 is 2.05 bits per heavy atom. The molecule has 0 radical (unpaired) electrons. The number of amides is 1. The summed E-state index contributed by atoms with van der Waals surface area (Å²) in [7, 11) is 1.47. The van der Waals surface area contributed by atoms with E-state index in [0.717, 1.165) is 34.1 Å². The average Bonchev–Trinajstić information content (AvgIpc) is 3.61. The lowest BCUT2D eigenvalue weighted by Crippen LogP contribution is -2.29. The molecule has 0 bridgehead atoms. The molecule has 1 amide bonds. The van der Waals surface area contributed by atoms with Crippen LogP contribution in [0.2, 0.25) is 5.02 Å². The number of furan rings is 1. The summed E-state index contributed by atoms with van der Waals surface area (Å²) >= 11 is 12.5. The Labute approximate surface area is 231 Å². The van der Waals surface area contributed by atoms with Gasteiger partial charge >= 0.3 is 0 Å². The first kappa shape index (κ1) is 26.0. The van der Waals surface area contributed by atoms with E-state index >= 15 is 0 Å². The van der Waals surface area contributed by atoms with E-state index in [0.29, 0.717) is 22.4 Å². The Morgan fingerprint density at radius 1 is 1.21 bits per heavy atom. The largest absolute Gasteiger partial charge is 0.467 e. The second kappa shape index (κ2) is 11.0. The molecule has 1 fully saturated rings. The highest BCUT2D eigenvalue weighted by atomic mass is 35.5. The van der Waals surface area contributed by atoms with Crippen LogP contribution < -0.4 is 15.5 Å². The number of benzene rings is 1. The second-order valence-electron chi connectivity index (χ2n) is 9.13. The molecule has 196 valence electrons. The molecular formula is C28H28ClN5O3S. The molecule has 10 heteroatoms. The molecule has 1 aliphatic rings. The van der Waals surface area contributed by atoms with Gasteiger partial charge in [0.2, 0.25) is 5.91 Å². The van der Waals surface area contributed by atoms with Gasteiger partial charge < -0.3 is 29.3 Å². The molecule has 2 atom stereocenters. The third-order valence-electron chi connectivity index (χ3n) is 6.70. The van der Waals surface area contributed by atoms with Gasteiger partial charge in [-0.2, -0.15) is 0 Å². The van der Waals surface area contributed by atoms with E-state index in [9.17, 15) is 4.79 Å². The summed E-state index contributed by atoms with van der Waals surface area (Å²) in [6.45, 7) is 4.78. The molecular weight excluding hydrogens is 522 g/mol. The van der Waals surface area contributed by atoms with Crippen LogP contribution in [0.3, 0.4) is 0 Å². The first-order valence-corrected chi connectivity index (χ1v) is 12.9. The van der Waals surface area contributed by atoms with Crippen LogP contribution in [0.5, 0.6) is 0 Å². The number of ether oxygens (including phenoxy) is 1. The molecule has 0 aliphatic carbocycles. The van der Waals surface area contributed by atoms with Crippen molar-refractivity contribution in [2.45, 2.75) is 32.5 Å². The number of aromatic nitrogens is 2. The minimum absolute atomic E-state index is 0.0559. The number of hydrogen-bond acceptors (Lipinski definition) is 5. The third-order valence-corrected chi connectivity index (χ3v) is 7.33. The minimum atomic E-state index is -0.280. The highest BCUT2D eigenvalue weighted by Gasteiger charge is 2.42. The van der Waals surface area contributed by atoms with E-state index in [1.165, 1.54) is 7.11 Å². The maximum atomic E-state index is 12.0. The molecule has 0 saturated carbocycles. The molecule has 1 aromatic carbocycles. The molecule has 2 N–H and O–H groups in total. The molecule has 5 rings (SSSR count). The third kappa shape index (κ3) is 5.05. The van der Waals surface area contributed by atoms with Crippen LogP contribution in [-0.2, 0) is 16.1 Å². The molecule has 4 heterocycles. The Balaban J connectivity index is 1.56. The summed E-state index contributed by atoms with van der Waals surface area (Å²) in [6, 6.07) is 17.0. The van der Waals surface area contributed by atoms with Gasteiger partial charge in [0.25, 0.3) is 0 Å². The fourth-order valence-corrected chi connectivity index (χ4v) is 5.52. The summed E-state index contributed by atoms with van der Waals surface area (Å²) in [5, 5.41) is 7.23. The van der Waals surface area contributed by atoms with E-state index in [1.54, 1.807) is 18.5 Å². The molecule has 1 saturated heterocycles. The predicted octanol–water partition coefficient (Wildman–Crippen LogP) is 5.56. The molecule has 3 aromatic heterocycles. The maximum absolute atomic E-state index is 12.0. The van der Waals surface area contributed by atoms with E-state index in [1.807, 2.05) is 42.5 Å². The number of hydrogen-bond donors (Lipinski definition) is 2. The molecule has 8 nitrogen and oxygen atoms in total. The number of methoxy groups -OCH3 is 1. The van der Waals surface area contributed by atoms with Gasteiger partial charge in [-0.3, -0.25) is 9.78 Å². The van der Waals surface area contributed by atoms with Gasteiger partial charge in [-0.25, -0.2) is 0 Å². The molecule has 38 heavy (non-hydrogen) atoms. The summed E-state index contributed by atoms with van der Waals surface area (Å²) < 4.78 is 12.8. The van der Waals surface area contributed by atoms with Gasteiger partial charge in [-0.05, 0) is 80.2 Å². The number of nitrogens with zero attached hydrogens (tertiary/aromatic N) is 3. The Bertz CT molecular complexity index is 1450. The van der Waals surface area contributed by atoms with Crippen molar-refractivity contribution in [2.24, 2.45) is 0 Å². The maximum Gasteiger partial charge on any atom is 0.250 e. The van der Waals surface area contributed by atoms with Gasteiger partial charge in [0.1, 0.15) is 12.4 Å². The standard InChI is InChI=1S/C28H28ClN5O3S/c1-17-13-21(18(2)33(17)15-20-7-6-12-37-20)27-26(24-8-4-5-11-30-24)32-28(38)34(27)19-9-10-23(22(29)14-19)31-25(35)16-36-3/h4-14,26-27H,15-16H2,1-3H3,(H,31,35)(H,32,38)/t26-,27-/m1/s1. The monoisotopic (exact) mass is 549 g/mol. The normalized spacial score (nSPS) is 17.1. The zero-order valence-corrected chi connectivity index (χ0v) is 22.8. The van der Waals surface area contributed by atoms with Gasteiger partial charge in [-0.1, -0.05) is 17.7 Å². The number of pyridine rings is 1. The first-order valence-electron chi connectivity index (χ1n) is 12.2. The second-order valence-corrected chi connectivity index (χ2v) is 9.93. The minimum Gasteiger partial charge on any atom is -0.467 e. The van der Waals surface area contributed by atoms with Crippen LogP contribution in [0.4, 0.5) is 11.4 Å². The summed E-state index contributed by atoms with van der Waals surface area (Å²) in [5.74, 6) is 0.604. The number of nitrogens with one attached hydrogen (secondary N) is 2. The molecule has 0 spiro atoms. The highest BCUT2D eigenvalue weighted by Crippen LogP contribution is 2.44. The predicted molar refractivity (Wildman–Crippen MR) is 152 cm³/mol. The van der Waals surface area contributed by atoms with Crippen molar-refractivity contribution >= 4 is 46.2 Å². The summed E-state index contributed by atoms with van der Waals surface area (Å²) in [6.07, 6.45) is 3.47. The summed E-state index contributed by atoms with van der Waals surface area (Å²) in [5.41, 5.74) is 5.52. The zero-order chi connectivity index (χ0) is 26.8. The number of carbonyl (C=O) groups excluding carboxylic acids is 1. The zero-order valence-electron chi connectivity index (χ0n) is 21.3. The van der Waals surface area contributed by atoms with E-state index in [-0.39, 0.29) is 24.6 Å². The number of rotatable bonds is 8. The molecule has 1 aliphatic heterocycles. The van der Waals surface area contributed by atoms with Crippen molar-refractivity contribution in [2.75, 3.05) is 23.9 Å². The lowest BCUT2D eigenvalue weighted by Gasteiger charge is -2.28. The number of halogens is 1. The Hall–Kier alpha value is -3.66. The highest BCUT2D eigenvalue weighted by molar-refractivity contribution is 7.80. The van der Waals surface area contributed by atoms with E-state index in [4.69, 9.17) is 33.0 Å². The van der Waals surface area contributed by atoms with E-state index < -0.39 is 0 Å². The Kier molecular flexibility index (Phi) is 7.51. The SMILES string of the molecule is COCC(=O)Nc1ccc(N2C(=S)N[C@H](c3ccccn3)[C@H]2c2cc(C)n(Cc3ccco3)c2C)cc1Cl. The van der Waals surface area contributed by atoms with Crippen molar-refractivity contribution in [1.29, 1.82) is 0 Å². The molecule has 0 unspecified atom stereocenters. The fraction of sp³-hybridized carbons (Fsp3) is 0.250. The van der Waals surface area contributed by atoms with Crippen LogP contribution >= 0.6 is 23.8 Å². The lowest BCUT2D eigenvalue weighted by molar-refractivity contribution is -0.119. The van der Waals surface area contributed by atoms with Gasteiger partial charge in [-0.15, -0.1) is 0 Å². The smallest absolute Gasteiger partial charge is 0.250 e. The topological polar surface area (TPSA) is 84.6 Å². The quantitative estimate of drug-likeness (QED) is 0.278. The lowest BCUT2D eigenvalue weighted by atomic mass is 9.96. The van der Waals surface area contributed by atoms with Crippen molar-refractivity contribution in [3.8, 4) is 0 Å². The van der Waals surface area contributed by atoms with Gasteiger partial charge in [0.05, 0.1) is 41.3 Å². The van der Waals surface area contributed by atoms with Crippen LogP contribution in [0.1, 0.15) is 40.5 Å². The van der Waals surface area contributed by atoms with Crippen LogP contribution in [0, 0.1) is 13.8 Å². The van der Waals surface area contributed by atoms with Crippen LogP contribution in [-0.4, -0.2) is 34.3 Å². The number of carbonyl (C=O) groups is 1. The van der Waals surface area contributed by atoms with Crippen molar-refractivity contribution in [3.05, 3.63) is 100 Å². The fourth-order valence-electron chi connectivity index (χ4n) is 4.95. The van der Waals surface area contributed by atoms with Crippen LogP contribution in [0.25, 0.3) is 0 Å². The van der Waals surface area contributed by atoms with Crippen LogP contribution in [0.15, 0.2) is 71.5 Å². The molecule has 4 aromatic rings. The number of aryl methyl sites for hydroxylation is 1. The summed E-state index contributed by atoms with van der Waals surface area (Å²) in [4.78, 5) is 18.7. The number of anilines is 2. The van der Waals surface area contributed by atoms with Crippen molar-refractivity contribution < 1.29 is 13.9 Å². The van der Waals surface area contributed by atoms with Gasteiger partial charge in [0, 0.05) is 30.4 Å². The van der Waals surface area contributed by atoms with E-state index in [2.05, 4.69) is 45.0 Å². The van der Waals surface area contributed by atoms with Crippen molar-refractivity contribution in [3.63, 3.8) is 0 Å². The number of thiocarbonyl (C=S) groups is 1. The Morgan fingerprint density at radius 3 is 2.74 bits per heavy atom. The van der Waals surface area contributed by atoms with Crippen molar-refractivity contribution in [1.82, 2.24) is 14.9 Å². The first-order chi connectivity index (χ1) is 18.4.